The molecule has 1 unspecified atom stereocenters. The first-order chi connectivity index (χ1) is 9.88. The van der Waals surface area contributed by atoms with Gasteiger partial charge < -0.3 is 5.32 Å². The molecule has 0 aliphatic heterocycles. The third-order valence-electron chi connectivity index (χ3n) is 3.47. The smallest absolute Gasteiger partial charge is 0.126 e. The highest BCUT2D eigenvalue weighted by atomic mass is 35.5. The van der Waals surface area contributed by atoms with Crippen molar-refractivity contribution in [1.82, 2.24) is 0 Å². The van der Waals surface area contributed by atoms with Gasteiger partial charge in [-0.25, -0.2) is 4.39 Å². The molecule has 0 amide bonds. The topological polar surface area (TPSA) is 12.0 Å². The Morgan fingerprint density at radius 2 is 1.38 bits per heavy atom. The van der Waals surface area contributed by atoms with E-state index >= 15 is 0 Å². The van der Waals surface area contributed by atoms with Crippen molar-refractivity contribution in [3.05, 3.63) is 63.4 Å². The van der Waals surface area contributed by atoms with E-state index in [4.69, 9.17) is 23.2 Å². The first-order valence-electron chi connectivity index (χ1n) is 6.89. The van der Waals surface area contributed by atoms with Crippen LogP contribution in [0, 0.1) is 5.82 Å². The van der Waals surface area contributed by atoms with Crippen molar-refractivity contribution in [3.8, 4) is 0 Å². The Morgan fingerprint density at radius 3 is 1.86 bits per heavy atom. The minimum atomic E-state index is -0.440. The van der Waals surface area contributed by atoms with Crippen LogP contribution in [0.25, 0.3) is 0 Å². The van der Waals surface area contributed by atoms with Crippen LogP contribution in [0.4, 0.5) is 10.1 Å². The zero-order chi connectivity index (χ0) is 15.6. The van der Waals surface area contributed by atoms with E-state index in [2.05, 4.69) is 43.4 Å². The number of anilines is 1. The Kier molecular flexibility index (Phi) is 5.13. The molecule has 1 nitrogen and oxygen atoms in total. The van der Waals surface area contributed by atoms with Crippen LogP contribution in [-0.2, 0) is 0 Å². The van der Waals surface area contributed by atoms with Gasteiger partial charge >= 0.3 is 0 Å². The van der Waals surface area contributed by atoms with Crippen LogP contribution in [0.1, 0.15) is 43.9 Å². The minimum absolute atomic E-state index is 0.0201. The maximum atomic E-state index is 13.2. The lowest BCUT2D eigenvalue weighted by Crippen LogP contribution is -2.08. The molecule has 1 N–H and O–H groups in total. The van der Waals surface area contributed by atoms with Crippen LogP contribution in [0.3, 0.4) is 0 Å². The fourth-order valence-corrected chi connectivity index (χ4v) is 2.72. The van der Waals surface area contributed by atoms with Gasteiger partial charge in [0.2, 0.25) is 0 Å². The van der Waals surface area contributed by atoms with Crippen molar-refractivity contribution in [3.63, 3.8) is 0 Å². The lowest BCUT2D eigenvalue weighted by atomic mass is 9.99. The summed E-state index contributed by atoms with van der Waals surface area (Å²) in [5.41, 5.74) is 2.97. The number of benzene rings is 2. The number of halogens is 3. The summed E-state index contributed by atoms with van der Waals surface area (Å²) in [4.78, 5) is 0. The second kappa shape index (κ2) is 6.67. The molecule has 2 rings (SSSR count). The SMILES string of the molecule is CC(C)c1ccc(C(C)Nc2c(Cl)cc(F)cc2Cl)cc1. The van der Waals surface area contributed by atoms with Gasteiger partial charge in [0.25, 0.3) is 0 Å². The van der Waals surface area contributed by atoms with Crippen molar-refractivity contribution in [2.24, 2.45) is 0 Å². The minimum Gasteiger partial charge on any atom is -0.376 e. The number of nitrogens with one attached hydrogen (secondary N) is 1. The van der Waals surface area contributed by atoms with E-state index in [1.54, 1.807) is 0 Å². The van der Waals surface area contributed by atoms with Gasteiger partial charge in [0.1, 0.15) is 5.82 Å². The van der Waals surface area contributed by atoms with Gasteiger partial charge in [-0.3, -0.25) is 0 Å². The summed E-state index contributed by atoms with van der Waals surface area (Å²) in [5.74, 6) is 0.0628. The van der Waals surface area contributed by atoms with Crippen LogP contribution in [0.5, 0.6) is 0 Å². The fourth-order valence-electron chi connectivity index (χ4n) is 2.15. The Bertz CT molecular complexity index is 600. The van der Waals surface area contributed by atoms with E-state index in [1.165, 1.54) is 17.7 Å². The van der Waals surface area contributed by atoms with Crippen molar-refractivity contribution in [2.75, 3.05) is 5.32 Å². The molecule has 0 saturated carbocycles. The van der Waals surface area contributed by atoms with Crippen LogP contribution in [0.15, 0.2) is 36.4 Å². The molecule has 21 heavy (non-hydrogen) atoms. The molecular formula is C17H18Cl2FN. The van der Waals surface area contributed by atoms with Crippen molar-refractivity contribution in [1.29, 1.82) is 0 Å². The normalized spacial score (nSPS) is 12.5. The second-order valence-electron chi connectivity index (χ2n) is 5.43. The summed E-state index contributed by atoms with van der Waals surface area (Å²) in [6, 6.07) is 10.9. The van der Waals surface area contributed by atoms with E-state index in [0.29, 0.717) is 11.6 Å². The highest BCUT2D eigenvalue weighted by Gasteiger charge is 2.12. The number of rotatable bonds is 4. The van der Waals surface area contributed by atoms with Gasteiger partial charge in [-0.05, 0) is 36.1 Å². The molecule has 0 saturated heterocycles. The molecule has 2 aromatic carbocycles. The molecule has 0 radical (unpaired) electrons. The molecular weight excluding hydrogens is 308 g/mol. The van der Waals surface area contributed by atoms with Gasteiger partial charge in [-0.1, -0.05) is 61.3 Å². The summed E-state index contributed by atoms with van der Waals surface area (Å²) in [7, 11) is 0. The molecule has 2 aromatic rings. The highest BCUT2D eigenvalue weighted by Crippen LogP contribution is 2.34. The van der Waals surface area contributed by atoms with Crippen molar-refractivity contribution < 1.29 is 4.39 Å². The van der Waals surface area contributed by atoms with Crippen LogP contribution in [0.2, 0.25) is 10.0 Å². The third kappa shape index (κ3) is 3.90. The zero-order valence-corrected chi connectivity index (χ0v) is 13.8. The first kappa shape index (κ1) is 16.1. The Morgan fingerprint density at radius 1 is 0.905 bits per heavy atom. The molecule has 0 fully saturated rings. The van der Waals surface area contributed by atoms with E-state index in [1.807, 2.05) is 6.92 Å². The van der Waals surface area contributed by atoms with Gasteiger partial charge in [0.05, 0.1) is 15.7 Å². The summed E-state index contributed by atoms with van der Waals surface area (Å²) in [5, 5.41) is 3.81. The van der Waals surface area contributed by atoms with Crippen LogP contribution < -0.4 is 5.32 Å². The lowest BCUT2D eigenvalue weighted by Gasteiger charge is -2.18. The predicted octanol–water partition coefficient (Wildman–Crippen LogP) is 6.43. The van der Waals surface area contributed by atoms with Gasteiger partial charge in [0.15, 0.2) is 0 Å². The molecule has 4 heteroatoms. The van der Waals surface area contributed by atoms with E-state index in [-0.39, 0.29) is 16.1 Å². The molecule has 1 atom stereocenters. The summed E-state index contributed by atoms with van der Waals surface area (Å²) in [6.07, 6.45) is 0. The summed E-state index contributed by atoms with van der Waals surface area (Å²) >= 11 is 12.1. The molecule has 0 aliphatic rings. The zero-order valence-electron chi connectivity index (χ0n) is 12.3. The molecule has 0 aromatic heterocycles. The van der Waals surface area contributed by atoms with E-state index < -0.39 is 5.82 Å². The first-order valence-corrected chi connectivity index (χ1v) is 7.65. The van der Waals surface area contributed by atoms with Gasteiger partial charge in [-0.2, -0.15) is 0 Å². The Labute approximate surface area is 135 Å². The largest absolute Gasteiger partial charge is 0.376 e. The van der Waals surface area contributed by atoms with E-state index in [9.17, 15) is 4.39 Å². The Hall–Kier alpha value is -1.25. The van der Waals surface area contributed by atoms with Crippen molar-refractivity contribution >= 4 is 28.9 Å². The van der Waals surface area contributed by atoms with Crippen LogP contribution >= 0.6 is 23.2 Å². The van der Waals surface area contributed by atoms with Crippen LogP contribution in [-0.4, -0.2) is 0 Å². The fraction of sp³-hybridized carbons (Fsp3) is 0.294. The maximum Gasteiger partial charge on any atom is 0.126 e. The average molecular weight is 326 g/mol. The molecule has 0 aliphatic carbocycles. The van der Waals surface area contributed by atoms with Gasteiger partial charge in [0, 0.05) is 6.04 Å². The monoisotopic (exact) mass is 325 g/mol. The summed E-state index contributed by atoms with van der Waals surface area (Å²) in [6.45, 7) is 6.34. The predicted molar refractivity (Wildman–Crippen MR) is 89.0 cm³/mol. The third-order valence-corrected chi connectivity index (χ3v) is 4.07. The average Bonchev–Trinajstić information content (AvgIpc) is 2.42. The quantitative estimate of drug-likeness (QED) is 0.683. The molecule has 0 spiro atoms. The number of hydrogen-bond acceptors (Lipinski definition) is 1. The van der Waals surface area contributed by atoms with Gasteiger partial charge in [-0.15, -0.1) is 0 Å². The number of hydrogen-bond donors (Lipinski definition) is 1. The van der Waals surface area contributed by atoms with Crippen molar-refractivity contribution in [2.45, 2.75) is 32.7 Å². The highest BCUT2D eigenvalue weighted by molar-refractivity contribution is 6.39. The molecule has 0 bridgehead atoms. The Balaban J connectivity index is 2.20. The molecule has 112 valence electrons. The summed E-state index contributed by atoms with van der Waals surface area (Å²) < 4.78 is 13.2. The molecule has 0 heterocycles. The van der Waals surface area contributed by atoms with E-state index in [0.717, 1.165) is 5.56 Å². The maximum absolute atomic E-state index is 13.2. The second-order valence-corrected chi connectivity index (χ2v) is 6.25. The standard InChI is InChI=1S/C17H18Cl2FN/c1-10(2)12-4-6-13(7-5-12)11(3)21-17-15(18)8-14(20)9-16(17)19/h4-11,21H,1-3H3. The lowest BCUT2D eigenvalue weighted by molar-refractivity contribution is 0.628.